The molecule has 0 aliphatic rings. The van der Waals surface area contributed by atoms with Crippen LogP contribution in [0.1, 0.15) is 17.8 Å². The molecule has 3 rings (SSSR count). The Morgan fingerprint density at radius 2 is 2.33 bits per heavy atom. The van der Waals surface area contributed by atoms with E-state index in [1.54, 1.807) is 22.0 Å². The number of nitrogens with one attached hydrogen (secondary N) is 1. The molecule has 3 aromatic rings. The van der Waals surface area contributed by atoms with E-state index in [9.17, 15) is 0 Å². The molecule has 0 aliphatic carbocycles. The topological polar surface area (TPSA) is 55.1 Å². The first-order valence-electron chi connectivity index (χ1n) is 5.76. The van der Waals surface area contributed by atoms with Gasteiger partial charge in [-0.15, -0.1) is 11.3 Å². The van der Waals surface area contributed by atoms with Gasteiger partial charge in [-0.05, 0) is 6.07 Å². The molecular formula is C12H13N5S. The van der Waals surface area contributed by atoms with E-state index in [0.29, 0.717) is 5.92 Å². The van der Waals surface area contributed by atoms with Crippen LogP contribution >= 0.6 is 11.3 Å². The van der Waals surface area contributed by atoms with Crippen LogP contribution in [0.3, 0.4) is 0 Å². The van der Waals surface area contributed by atoms with Gasteiger partial charge in [-0.2, -0.15) is 5.10 Å². The summed E-state index contributed by atoms with van der Waals surface area (Å²) in [6, 6.07) is 3.81. The van der Waals surface area contributed by atoms with Crippen LogP contribution in [-0.2, 0) is 0 Å². The average Bonchev–Trinajstić information content (AvgIpc) is 3.05. The molecule has 0 spiro atoms. The third-order valence-corrected chi connectivity index (χ3v) is 3.73. The van der Waals surface area contributed by atoms with Crippen LogP contribution in [0.15, 0.2) is 36.1 Å². The van der Waals surface area contributed by atoms with Gasteiger partial charge in [0.15, 0.2) is 5.65 Å². The molecule has 3 aromatic heterocycles. The predicted octanol–water partition coefficient (Wildman–Crippen LogP) is 2.40. The highest BCUT2D eigenvalue weighted by Gasteiger charge is 2.08. The van der Waals surface area contributed by atoms with E-state index in [1.807, 2.05) is 29.9 Å². The van der Waals surface area contributed by atoms with Crippen molar-refractivity contribution in [3.63, 3.8) is 0 Å². The molecular weight excluding hydrogens is 246 g/mol. The van der Waals surface area contributed by atoms with Crippen molar-refractivity contribution < 1.29 is 0 Å². The average molecular weight is 259 g/mol. The second-order valence-electron chi connectivity index (χ2n) is 4.10. The van der Waals surface area contributed by atoms with Crippen molar-refractivity contribution >= 4 is 22.8 Å². The van der Waals surface area contributed by atoms with Crippen LogP contribution in [0.2, 0.25) is 0 Å². The summed E-state index contributed by atoms with van der Waals surface area (Å²) in [5, 5.41) is 10.6. The maximum Gasteiger partial charge on any atom is 0.157 e. The third-order valence-electron chi connectivity index (χ3n) is 2.72. The summed E-state index contributed by atoms with van der Waals surface area (Å²) in [7, 11) is 0. The highest BCUT2D eigenvalue weighted by Crippen LogP contribution is 2.18. The first kappa shape index (κ1) is 11.2. The number of hydrogen-bond acceptors (Lipinski definition) is 5. The molecule has 0 saturated heterocycles. The normalized spacial score (nSPS) is 12.7. The molecule has 6 heteroatoms. The maximum absolute atomic E-state index is 4.46. The molecule has 3 heterocycles. The summed E-state index contributed by atoms with van der Waals surface area (Å²) in [6.07, 6.45) is 5.48. The first-order chi connectivity index (χ1) is 8.83. The number of fused-ring (bicyclic) bond motifs is 1. The molecule has 18 heavy (non-hydrogen) atoms. The second kappa shape index (κ2) is 4.73. The minimum Gasteiger partial charge on any atom is -0.369 e. The standard InChI is InChI=1S/C12H13N5S/c1-9(12-13-5-7-18-12)8-14-10-3-6-17-11(16-10)2-4-15-17/h2-7,9H,8H2,1H3,(H,14,16). The molecule has 0 fully saturated rings. The Hall–Kier alpha value is -1.95. The fraction of sp³-hybridized carbons (Fsp3) is 0.250. The van der Waals surface area contributed by atoms with E-state index in [2.05, 4.69) is 27.3 Å². The zero-order valence-corrected chi connectivity index (χ0v) is 10.8. The minimum absolute atomic E-state index is 0.382. The Labute approximate surface area is 109 Å². The zero-order valence-electron chi connectivity index (χ0n) is 9.95. The lowest BCUT2D eigenvalue weighted by Crippen LogP contribution is -2.11. The fourth-order valence-corrected chi connectivity index (χ4v) is 2.43. The molecule has 0 bridgehead atoms. The van der Waals surface area contributed by atoms with Gasteiger partial charge in [-0.3, -0.25) is 0 Å². The van der Waals surface area contributed by atoms with Gasteiger partial charge in [-0.25, -0.2) is 14.5 Å². The lowest BCUT2D eigenvalue weighted by atomic mass is 10.2. The highest BCUT2D eigenvalue weighted by molar-refractivity contribution is 7.09. The van der Waals surface area contributed by atoms with Crippen LogP contribution < -0.4 is 5.32 Å². The van der Waals surface area contributed by atoms with Crippen LogP contribution in [-0.4, -0.2) is 26.1 Å². The smallest absolute Gasteiger partial charge is 0.157 e. The molecule has 0 amide bonds. The van der Waals surface area contributed by atoms with Gasteiger partial charge >= 0.3 is 0 Å². The Morgan fingerprint density at radius 1 is 1.39 bits per heavy atom. The summed E-state index contributed by atoms with van der Waals surface area (Å²) < 4.78 is 1.75. The van der Waals surface area contributed by atoms with Crippen LogP contribution in [0.5, 0.6) is 0 Å². The number of rotatable bonds is 4. The number of nitrogens with zero attached hydrogens (tertiary/aromatic N) is 4. The number of aromatic nitrogens is 4. The molecule has 0 aliphatic heterocycles. The molecule has 0 radical (unpaired) electrons. The highest BCUT2D eigenvalue weighted by atomic mass is 32.1. The monoisotopic (exact) mass is 259 g/mol. The summed E-state index contributed by atoms with van der Waals surface area (Å²) in [5.41, 5.74) is 0.849. The van der Waals surface area contributed by atoms with E-state index in [0.717, 1.165) is 23.0 Å². The van der Waals surface area contributed by atoms with Crippen molar-refractivity contribution in [1.29, 1.82) is 0 Å². The van der Waals surface area contributed by atoms with Gasteiger partial charge in [0.1, 0.15) is 5.82 Å². The Kier molecular flexibility index (Phi) is 2.93. The number of thiazole rings is 1. The lowest BCUT2D eigenvalue weighted by Gasteiger charge is -2.10. The van der Waals surface area contributed by atoms with E-state index in [-0.39, 0.29) is 0 Å². The first-order valence-corrected chi connectivity index (χ1v) is 6.64. The number of anilines is 1. The Morgan fingerprint density at radius 3 is 3.17 bits per heavy atom. The summed E-state index contributed by atoms with van der Waals surface area (Å²) >= 11 is 1.68. The Balaban J connectivity index is 1.69. The molecule has 1 N–H and O–H groups in total. The van der Waals surface area contributed by atoms with Crippen molar-refractivity contribution in [3.8, 4) is 0 Å². The molecule has 0 saturated carbocycles. The van der Waals surface area contributed by atoms with Gasteiger partial charge in [0, 0.05) is 36.3 Å². The quantitative estimate of drug-likeness (QED) is 0.781. The minimum atomic E-state index is 0.382. The van der Waals surface area contributed by atoms with Gasteiger partial charge in [0.2, 0.25) is 0 Å². The van der Waals surface area contributed by atoms with E-state index in [1.165, 1.54) is 0 Å². The molecule has 1 atom stereocenters. The van der Waals surface area contributed by atoms with Crippen molar-refractivity contribution in [2.24, 2.45) is 0 Å². The summed E-state index contributed by atoms with van der Waals surface area (Å²) in [6.45, 7) is 2.98. The largest absolute Gasteiger partial charge is 0.369 e. The third kappa shape index (κ3) is 2.19. The van der Waals surface area contributed by atoms with E-state index < -0.39 is 0 Å². The summed E-state index contributed by atoms with van der Waals surface area (Å²) in [4.78, 5) is 8.77. The molecule has 1 unspecified atom stereocenters. The van der Waals surface area contributed by atoms with Crippen LogP contribution in [0.25, 0.3) is 5.65 Å². The number of hydrogen-bond donors (Lipinski definition) is 1. The van der Waals surface area contributed by atoms with Gasteiger partial charge < -0.3 is 5.32 Å². The van der Waals surface area contributed by atoms with Crippen molar-refractivity contribution in [2.75, 3.05) is 11.9 Å². The van der Waals surface area contributed by atoms with Crippen molar-refractivity contribution in [2.45, 2.75) is 12.8 Å². The van der Waals surface area contributed by atoms with Gasteiger partial charge in [-0.1, -0.05) is 6.92 Å². The SMILES string of the molecule is CC(CNc1ccn2nccc2n1)c1nccs1. The molecule has 92 valence electrons. The lowest BCUT2D eigenvalue weighted by molar-refractivity contribution is 0.791. The van der Waals surface area contributed by atoms with Crippen molar-refractivity contribution in [1.82, 2.24) is 19.6 Å². The van der Waals surface area contributed by atoms with E-state index >= 15 is 0 Å². The van der Waals surface area contributed by atoms with Crippen LogP contribution in [0.4, 0.5) is 5.82 Å². The second-order valence-corrected chi connectivity index (χ2v) is 5.03. The summed E-state index contributed by atoms with van der Waals surface area (Å²) in [5.74, 6) is 1.25. The van der Waals surface area contributed by atoms with E-state index in [4.69, 9.17) is 0 Å². The van der Waals surface area contributed by atoms with Crippen LogP contribution in [0, 0.1) is 0 Å². The Bertz CT molecular complexity index is 631. The molecule has 0 aromatic carbocycles. The molecule has 5 nitrogen and oxygen atoms in total. The van der Waals surface area contributed by atoms with Crippen molar-refractivity contribution in [3.05, 3.63) is 41.1 Å². The fourth-order valence-electron chi connectivity index (χ4n) is 1.73. The maximum atomic E-state index is 4.46. The zero-order chi connectivity index (χ0) is 12.4. The van der Waals surface area contributed by atoms with Gasteiger partial charge in [0.25, 0.3) is 0 Å². The predicted molar refractivity (Wildman–Crippen MR) is 72.0 cm³/mol. The van der Waals surface area contributed by atoms with Gasteiger partial charge in [0.05, 0.1) is 11.2 Å².